The SMILES string of the molecule is C1=CC2c3ccccc3N(c3ccc(-c4c5ccccc5c(-c5ccc(-n6c7ccccc7c7ccccc76)cc5)c5cc(-c6c7ccccc7c(-c7ccc(-n8c9ccccc9c9ccccc98)cc7)c7ccccc67)ccc45)cc3)C2C=C1. The quantitative estimate of drug-likeness (QED) is 0.145. The molecule has 14 aromatic carbocycles. The van der Waals surface area contributed by atoms with Crippen molar-refractivity contribution >= 4 is 98.1 Å². The summed E-state index contributed by atoms with van der Waals surface area (Å²) >= 11 is 0. The van der Waals surface area contributed by atoms with E-state index in [-0.39, 0.29) is 6.04 Å². The highest BCUT2D eigenvalue weighted by molar-refractivity contribution is 6.25. The van der Waals surface area contributed by atoms with E-state index in [1.807, 2.05) is 0 Å². The van der Waals surface area contributed by atoms with Gasteiger partial charge < -0.3 is 14.0 Å². The highest BCUT2D eigenvalue weighted by Gasteiger charge is 2.37. The number of rotatable bonds is 7. The number of benzene rings is 14. The van der Waals surface area contributed by atoms with Crippen molar-refractivity contribution in [3.8, 4) is 55.9 Å². The van der Waals surface area contributed by atoms with E-state index in [2.05, 4.69) is 323 Å². The molecule has 2 unspecified atom stereocenters. The first-order valence-corrected chi connectivity index (χ1v) is 29.7. The summed E-state index contributed by atoms with van der Waals surface area (Å²) in [4.78, 5) is 2.53. The molecule has 1 aliphatic heterocycles. The molecule has 0 saturated carbocycles. The minimum atomic E-state index is 0.230. The molecule has 2 aliphatic rings. The van der Waals surface area contributed by atoms with Crippen molar-refractivity contribution in [2.75, 3.05) is 4.90 Å². The van der Waals surface area contributed by atoms with Gasteiger partial charge in [-0.25, -0.2) is 0 Å². The summed E-state index contributed by atoms with van der Waals surface area (Å²) in [6.07, 6.45) is 9.11. The molecule has 0 N–H and O–H groups in total. The van der Waals surface area contributed by atoms with Gasteiger partial charge in [0.25, 0.3) is 0 Å². The molecular weight excluding hydrogens is 1030 g/mol. The lowest BCUT2D eigenvalue weighted by molar-refractivity contribution is 0.745. The third-order valence-electron chi connectivity index (χ3n) is 18.6. The van der Waals surface area contributed by atoms with Crippen LogP contribution in [0.15, 0.2) is 309 Å². The summed E-state index contributed by atoms with van der Waals surface area (Å²) < 4.78 is 4.82. The Balaban J connectivity index is 0.835. The zero-order chi connectivity index (χ0) is 55.7. The molecule has 0 fully saturated rings. The van der Waals surface area contributed by atoms with Crippen LogP contribution in [-0.2, 0) is 0 Å². The predicted octanol–water partition coefficient (Wildman–Crippen LogP) is 21.9. The fraction of sp³-hybridized carbons (Fsp3) is 0.0244. The van der Waals surface area contributed by atoms with Crippen molar-refractivity contribution in [3.05, 3.63) is 315 Å². The van der Waals surface area contributed by atoms with Gasteiger partial charge in [0.15, 0.2) is 0 Å². The van der Waals surface area contributed by atoms with E-state index in [1.54, 1.807) is 0 Å². The lowest BCUT2D eigenvalue weighted by Gasteiger charge is -2.29. The van der Waals surface area contributed by atoms with Crippen LogP contribution in [0, 0.1) is 0 Å². The molecule has 3 heteroatoms. The van der Waals surface area contributed by atoms with Gasteiger partial charge in [-0.1, -0.05) is 237 Å². The number of aromatic nitrogens is 2. The molecule has 18 rings (SSSR count). The van der Waals surface area contributed by atoms with Crippen molar-refractivity contribution in [1.82, 2.24) is 9.13 Å². The van der Waals surface area contributed by atoms with Crippen molar-refractivity contribution < 1.29 is 0 Å². The van der Waals surface area contributed by atoms with Gasteiger partial charge in [-0.15, -0.1) is 0 Å². The van der Waals surface area contributed by atoms with Crippen molar-refractivity contribution in [1.29, 1.82) is 0 Å². The lowest BCUT2D eigenvalue weighted by Crippen LogP contribution is -2.28. The van der Waals surface area contributed by atoms with Crippen LogP contribution in [0.1, 0.15) is 11.5 Å². The standard InChI is InChI=1S/C82H53N3/c1-4-28-68-65(25-1)80(53-39-46-57(47-40-53)84-75-33-15-9-21-61(75)62-22-10-16-34-76(62)84)71-50-43-55(51-72(71)81(68)54-41-48-58(49-42-54)85-77-35-17-11-23-63(77)64-24-12-18-36-78(64)85)82-69-29-5-2-26-66(69)79(67-27-3-6-30-70(67)82)52-37-44-56(45-38-52)83-73-31-13-7-19-59(73)60-20-8-14-32-74(60)83/h1-51,61,75H. The topological polar surface area (TPSA) is 13.1 Å². The van der Waals surface area contributed by atoms with Crippen LogP contribution in [-0.4, -0.2) is 15.2 Å². The molecule has 3 heterocycles. The van der Waals surface area contributed by atoms with Crippen LogP contribution in [0.25, 0.3) is 143 Å². The Morgan fingerprint density at radius 2 is 0.553 bits per heavy atom. The van der Waals surface area contributed by atoms with Gasteiger partial charge in [-0.2, -0.15) is 0 Å². The summed E-state index contributed by atoms with van der Waals surface area (Å²) in [5.41, 5.74) is 20.7. The number of hydrogen-bond acceptors (Lipinski definition) is 1. The van der Waals surface area contributed by atoms with Gasteiger partial charge in [0.05, 0.1) is 28.1 Å². The summed E-state index contributed by atoms with van der Waals surface area (Å²) in [7, 11) is 0. The van der Waals surface area contributed by atoms with Crippen LogP contribution in [0.2, 0.25) is 0 Å². The fourth-order valence-electron chi connectivity index (χ4n) is 15.0. The second-order valence-electron chi connectivity index (χ2n) is 23.0. The molecule has 396 valence electrons. The highest BCUT2D eigenvalue weighted by Crippen LogP contribution is 2.51. The van der Waals surface area contributed by atoms with E-state index in [4.69, 9.17) is 0 Å². The Bertz CT molecular complexity index is 5320. The number of hydrogen-bond donors (Lipinski definition) is 0. The first kappa shape index (κ1) is 47.6. The molecule has 1 aliphatic carbocycles. The first-order valence-electron chi connectivity index (χ1n) is 29.7. The Hall–Kier alpha value is -11.0. The average molecular weight is 1080 g/mol. The average Bonchev–Trinajstić information content (AvgIpc) is 2.19. The van der Waals surface area contributed by atoms with E-state index >= 15 is 0 Å². The van der Waals surface area contributed by atoms with Gasteiger partial charge in [0, 0.05) is 50.2 Å². The predicted molar refractivity (Wildman–Crippen MR) is 360 cm³/mol. The molecule has 85 heavy (non-hydrogen) atoms. The van der Waals surface area contributed by atoms with E-state index in [0.717, 1.165) is 11.4 Å². The van der Waals surface area contributed by atoms with Gasteiger partial charge in [0.2, 0.25) is 0 Å². The summed E-state index contributed by atoms with van der Waals surface area (Å²) in [6, 6.07) is 107. The van der Waals surface area contributed by atoms with E-state index in [1.165, 1.54) is 148 Å². The molecule has 16 aromatic rings. The van der Waals surface area contributed by atoms with Crippen molar-refractivity contribution in [3.63, 3.8) is 0 Å². The number of para-hydroxylation sites is 5. The summed E-state index contributed by atoms with van der Waals surface area (Å²) in [5, 5.41) is 14.8. The molecule has 2 atom stereocenters. The number of allylic oxidation sites excluding steroid dienone is 2. The maximum absolute atomic E-state index is 2.53. The van der Waals surface area contributed by atoms with Crippen LogP contribution < -0.4 is 4.90 Å². The van der Waals surface area contributed by atoms with Crippen molar-refractivity contribution in [2.45, 2.75) is 12.0 Å². The Labute approximate surface area is 492 Å². The number of nitrogens with zero attached hydrogens (tertiary/aromatic N) is 3. The molecule has 0 radical (unpaired) electrons. The fourth-order valence-corrected chi connectivity index (χ4v) is 15.0. The van der Waals surface area contributed by atoms with Gasteiger partial charge in [0.1, 0.15) is 0 Å². The third-order valence-corrected chi connectivity index (χ3v) is 18.6. The van der Waals surface area contributed by atoms with E-state index in [9.17, 15) is 0 Å². The van der Waals surface area contributed by atoms with Gasteiger partial charge in [-0.3, -0.25) is 0 Å². The highest BCUT2D eigenvalue weighted by atomic mass is 15.2. The Morgan fingerprint density at radius 3 is 0.988 bits per heavy atom. The largest absolute Gasteiger partial charge is 0.333 e. The monoisotopic (exact) mass is 1080 g/mol. The zero-order valence-electron chi connectivity index (χ0n) is 46.4. The zero-order valence-corrected chi connectivity index (χ0v) is 46.4. The maximum Gasteiger partial charge on any atom is 0.0629 e. The van der Waals surface area contributed by atoms with Crippen LogP contribution in [0.4, 0.5) is 11.4 Å². The van der Waals surface area contributed by atoms with E-state index in [0.29, 0.717) is 5.92 Å². The third kappa shape index (κ3) is 7.14. The second kappa shape index (κ2) is 18.8. The minimum absolute atomic E-state index is 0.230. The van der Waals surface area contributed by atoms with Gasteiger partial charge >= 0.3 is 0 Å². The smallest absolute Gasteiger partial charge is 0.0629 e. The van der Waals surface area contributed by atoms with Crippen LogP contribution >= 0.6 is 0 Å². The molecular formula is C82H53N3. The molecule has 0 amide bonds. The minimum Gasteiger partial charge on any atom is -0.333 e. The van der Waals surface area contributed by atoms with Crippen LogP contribution in [0.5, 0.6) is 0 Å². The summed E-state index contributed by atoms with van der Waals surface area (Å²) in [6.45, 7) is 0. The lowest BCUT2D eigenvalue weighted by atomic mass is 9.82. The molecule has 0 bridgehead atoms. The van der Waals surface area contributed by atoms with E-state index < -0.39 is 0 Å². The van der Waals surface area contributed by atoms with Crippen LogP contribution in [0.3, 0.4) is 0 Å². The second-order valence-corrected chi connectivity index (χ2v) is 23.0. The Morgan fingerprint density at radius 1 is 0.235 bits per heavy atom. The Kier molecular flexibility index (Phi) is 10.5. The summed E-state index contributed by atoms with van der Waals surface area (Å²) in [5.74, 6) is 0.321. The molecule has 0 spiro atoms. The molecule has 3 nitrogen and oxygen atoms in total. The van der Waals surface area contributed by atoms with Gasteiger partial charge in [-0.05, 0) is 166 Å². The number of anilines is 2. The molecule has 2 aromatic heterocycles. The maximum atomic E-state index is 2.53. The van der Waals surface area contributed by atoms with Crippen molar-refractivity contribution in [2.24, 2.45) is 0 Å². The number of fused-ring (bicyclic) bond motifs is 13. The normalized spacial score (nSPS) is 14.7. The molecule has 0 saturated heterocycles. The first-order chi connectivity index (χ1) is 42.2.